The van der Waals surface area contributed by atoms with Crippen LogP contribution in [0.3, 0.4) is 0 Å². The first-order chi connectivity index (χ1) is 12.5. The third kappa shape index (κ3) is 3.85. The number of hydrogen-bond acceptors (Lipinski definition) is 6. The van der Waals surface area contributed by atoms with Crippen LogP contribution in [0.2, 0.25) is 5.15 Å². The quantitative estimate of drug-likeness (QED) is 0.439. The molecule has 0 bridgehead atoms. The van der Waals surface area contributed by atoms with Crippen LogP contribution in [0.4, 0.5) is 0 Å². The summed E-state index contributed by atoms with van der Waals surface area (Å²) in [4.78, 5) is 4.18. The molecule has 0 unspecified atom stereocenters. The van der Waals surface area contributed by atoms with Crippen LogP contribution < -0.4 is 0 Å². The van der Waals surface area contributed by atoms with Crippen LogP contribution >= 0.6 is 23.4 Å². The van der Waals surface area contributed by atoms with Gasteiger partial charge in [0.1, 0.15) is 5.15 Å². The number of rotatable bonds is 7. The fourth-order valence-corrected chi connectivity index (χ4v) is 5.01. The lowest BCUT2D eigenvalue weighted by molar-refractivity contribution is 0.445. The zero-order valence-corrected chi connectivity index (χ0v) is 16.7. The van der Waals surface area contributed by atoms with Crippen LogP contribution in [-0.2, 0) is 15.8 Å². The van der Waals surface area contributed by atoms with Gasteiger partial charge in [0.2, 0.25) is 10.0 Å². The highest BCUT2D eigenvalue weighted by molar-refractivity contribution is 7.98. The third-order valence-electron chi connectivity index (χ3n) is 3.85. The van der Waals surface area contributed by atoms with Gasteiger partial charge in [0.25, 0.3) is 0 Å². The van der Waals surface area contributed by atoms with E-state index in [0.29, 0.717) is 34.8 Å². The molecule has 3 heterocycles. The summed E-state index contributed by atoms with van der Waals surface area (Å²) < 4.78 is 28.6. The Bertz CT molecular complexity index is 1020. The number of fused-ring (bicyclic) bond motifs is 1. The van der Waals surface area contributed by atoms with E-state index in [0.717, 1.165) is 5.56 Å². The molecule has 26 heavy (non-hydrogen) atoms. The Morgan fingerprint density at radius 3 is 2.65 bits per heavy atom. The molecule has 0 spiro atoms. The molecular weight excluding hydrogens is 394 g/mol. The van der Waals surface area contributed by atoms with E-state index in [9.17, 15) is 8.42 Å². The Morgan fingerprint density at radius 2 is 1.96 bits per heavy atom. The van der Waals surface area contributed by atoms with Gasteiger partial charge in [-0.2, -0.15) is 4.31 Å². The highest BCUT2D eigenvalue weighted by Crippen LogP contribution is 2.24. The van der Waals surface area contributed by atoms with Crippen LogP contribution in [0, 0.1) is 0 Å². The standard InChI is InChI=1S/C16H18ClN5O2S2/c1-3-21(4-2)26(23,24)13-5-6-15-19-20-16(22(15)10-13)25-11-12-7-8-18-14(17)9-12/h5-10H,3-4,11H2,1-2H3. The van der Waals surface area contributed by atoms with Gasteiger partial charge in [0.05, 0.1) is 4.90 Å². The first-order valence-electron chi connectivity index (χ1n) is 8.04. The van der Waals surface area contributed by atoms with Crippen LogP contribution in [0.5, 0.6) is 0 Å². The molecular formula is C16H18ClN5O2S2. The largest absolute Gasteiger partial charge is 0.276 e. The van der Waals surface area contributed by atoms with Crippen LogP contribution in [0.25, 0.3) is 5.65 Å². The first-order valence-corrected chi connectivity index (χ1v) is 10.8. The van der Waals surface area contributed by atoms with E-state index in [1.54, 1.807) is 35.0 Å². The Hall–Kier alpha value is -1.68. The summed E-state index contributed by atoms with van der Waals surface area (Å²) in [6.07, 6.45) is 3.22. The molecule has 0 atom stereocenters. The molecule has 0 aliphatic rings. The average Bonchev–Trinajstić information content (AvgIpc) is 3.03. The lowest BCUT2D eigenvalue weighted by atomic mass is 10.3. The normalized spacial score (nSPS) is 12.2. The molecule has 0 aromatic carbocycles. The van der Waals surface area contributed by atoms with Crippen molar-refractivity contribution in [2.75, 3.05) is 13.1 Å². The highest BCUT2D eigenvalue weighted by Gasteiger charge is 2.22. The van der Waals surface area contributed by atoms with Crippen LogP contribution in [0.15, 0.2) is 46.7 Å². The lowest BCUT2D eigenvalue weighted by Crippen LogP contribution is -2.30. The molecule has 0 aliphatic heterocycles. The SMILES string of the molecule is CCN(CC)S(=O)(=O)c1ccc2nnc(SCc3ccnc(Cl)c3)n2c1. The van der Waals surface area contributed by atoms with E-state index in [1.165, 1.54) is 16.1 Å². The van der Waals surface area contributed by atoms with Crippen molar-refractivity contribution in [1.29, 1.82) is 0 Å². The number of aromatic nitrogens is 4. The van der Waals surface area contributed by atoms with Crippen molar-refractivity contribution >= 4 is 39.0 Å². The highest BCUT2D eigenvalue weighted by atomic mass is 35.5. The first kappa shape index (κ1) is 19.1. The summed E-state index contributed by atoms with van der Waals surface area (Å²) in [5.74, 6) is 0.621. The maximum atomic E-state index is 12.7. The van der Waals surface area contributed by atoms with E-state index < -0.39 is 10.0 Å². The van der Waals surface area contributed by atoms with Crippen molar-refractivity contribution in [3.8, 4) is 0 Å². The number of nitrogens with zero attached hydrogens (tertiary/aromatic N) is 5. The molecule has 0 saturated heterocycles. The van der Waals surface area contributed by atoms with E-state index in [-0.39, 0.29) is 4.90 Å². The van der Waals surface area contributed by atoms with Gasteiger partial charge in [-0.15, -0.1) is 10.2 Å². The monoisotopic (exact) mass is 411 g/mol. The second-order valence-corrected chi connectivity index (χ2v) is 8.71. The van der Waals surface area contributed by atoms with Gasteiger partial charge in [-0.3, -0.25) is 4.40 Å². The summed E-state index contributed by atoms with van der Waals surface area (Å²) in [5.41, 5.74) is 1.59. The number of pyridine rings is 2. The molecule has 138 valence electrons. The van der Waals surface area contributed by atoms with E-state index >= 15 is 0 Å². The molecule has 3 aromatic heterocycles. The Kier molecular flexibility index (Phi) is 5.81. The molecule has 0 fully saturated rings. The van der Waals surface area contributed by atoms with Crippen molar-refractivity contribution in [1.82, 2.24) is 23.9 Å². The molecule has 0 radical (unpaired) electrons. The van der Waals surface area contributed by atoms with Gasteiger partial charge < -0.3 is 0 Å². The maximum absolute atomic E-state index is 12.7. The minimum absolute atomic E-state index is 0.224. The van der Waals surface area contributed by atoms with Gasteiger partial charge in [-0.05, 0) is 29.8 Å². The predicted molar refractivity (Wildman–Crippen MR) is 102 cm³/mol. The maximum Gasteiger partial charge on any atom is 0.244 e. The van der Waals surface area contributed by atoms with Gasteiger partial charge in [0, 0.05) is 31.2 Å². The Morgan fingerprint density at radius 1 is 1.19 bits per heavy atom. The summed E-state index contributed by atoms with van der Waals surface area (Å²) in [5, 5.41) is 9.31. The minimum Gasteiger partial charge on any atom is -0.276 e. The fraction of sp³-hybridized carbons (Fsp3) is 0.312. The zero-order valence-electron chi connectivity index (χ0n) is 14.3. The molecule has 0 amide bonds. The summed E-state index contributed by atoms with van der Waals surface area (Å²) in [6.45, 7) is 4.48. The smallest absolute Gasteiger partial charge is 0.244 e. The van der Waals surface area contributed by atoms with Gasteiger partial charge >= 0.3 is 0 Å². The Labute approximate surface area is 161 Å². The van der Waals surface area contributed by atoms with E-state index in [1.807, 2.05) is 19.9 Å². The molecule has 0 N–H and O–H groups in total. The molecule has 0 aliphatic carbocycles. The third-order valence-corrected chi connectivity index (χ3v) is 7.10. The van der Waals surface area contributed by atoms with Crippen LogP contribution in [0.1, 0.15) is 19.4 Å². The topological polar surface area (TPSA) is 80.5 Å². The minimum atomic E-state index is -3.54. The summed E-state index contributed by atoms with van der Waals surface area (Å²) in [7, 11) is -3.54. The zero-order chi connectivity index (χ0) is 18.7. The average molecular weight is 412 g/mol. The number of thioether (sulfide) groups is 1. The molecule has 3 rings (SSSR count). The second-order valence-electron chi connectivity index (χ2n) is 5.44. The van der Waals surface area contributed by atoms with Gasteiger partial charge in [-0.1, -0.05) is 37.2 Å². The summed E-state index contributed by atoms with van der Waals surface area (Å²) in [6, 6.07) is 6.89. The summed E-state index contributed by atoms with van der Waals surface area (Å²) >= 11 is 7.36. The number of halogens is 1. The van der Waals surface area contributed by atoms with Crippen LogP contribution in [-0.4, -0.2) is 45.4 Å². The number of sulfonamides is 1. The molecule has 7 nitrogen and oxygen atoms in total. The fourth-order valence-electron chi connectivity index (χ4n) is 2.49. The second kappa shape index (κ2) is 7.91. The van der Waals surface area contributed by atoms with E-state index in [4.69, 9.17) is 11.6 Å². The molecule has 0 saturated carbocycles. The van der Waals surface area contributed by atoms with Gasteiger partial charge in [-0.25, -0.2) is 13.4 Å². The molecule has 3 aromatic rings. The van der Waals surface area contributed by atoms with E-state index in [2.05, 4.69) is 15.2 Å². The van der Waals surface area contributed by atoms with Crippen molar-refractivity contribution in [2.24, 2.45) is 0 Å². The van der Waals surface area contributed by atoms with Crippen molar-refractivity contribution in [2.45, 2.75) is 29.7 Å². The lowest BCUT2D eigenvalue weighted by Gasteiger charge is -2.18. The van der Waals surface area contributed by atoms with Crippen molar-refractivity contribution < 1.29 is 8.42 Å². The predicted octanol–water partition coefficient (Wildman–Crippen LogP) is 3.10. The van der Waals surface area contributed by atoms with Crippen molar-refractivity contribution in [3.05, 3.63) is 47.4 Å². The van der Waals surface area contributed by atoms with Crippen molar-refractivity contribution in [3.63, 3.8) is 0 Å². The van der Waals surface area contributed by atoms with Gasteiger partial charge in [0.15, 0.2) is 10.8 Å². The number of hydrogen-bond donors (Lipinski definition) is 0. The Balaban J connectivity index is 1.91. The molecule has 10 heteroatoms.